The number of likely N-dealkylation sites (tertiary alicyclic amines) is 1. The predicted octanol–water partition coefficient (Wildman–Crippen LogP) is 0.849. The van der Waals surface area contributed by atoms with Crippen molar-refractivity contribution in [2.45, 2.75) is 43.2 Å². The number of hydrogen-bond acceptors (Lipinski definition) is 5. The van der Waals surface area contributed by atoms with Crippen LogP contribution in [-0.2, 0) is 19.6 Å². The number of halogens is 1. The van der Waals surface area contributed by atoms with E-state index in [0.717, 1.165) is 12.5 Å². The highest BCUT2D eigenvalue weighted by atomic mass is 32.2. The summed E-state index contributed by atoms with van der Waals surface area (Å²) >= 11 is 0. The predicted molar refractivity (Wildman–Crippen MR) is 95.4 cm³/mol. The molecule has 7 nitrogen and oxygen atoms in total. The lowest BCUT2D eigenvalue weighted by Gasteiger charge is -2.33. The van der Waals surface area contributed by atoms with Crippen molar-refractivity contribution in [3.8, 4) is 0 Å². The highest BCUT2D eigenvalue weighted by molar-refractivity contribution is 7.89. The second-order valence-electron chi connectivity index (χ2n) is 6.31. The van der Waals surface area contributed by atoms with Crippen LogP contribution in [0.5, 0.6) is 0 Å². The molecule has 1 saturated heterocycles. The second kappa shape index (κ2) is 9.40. The first-order chi connectivity index (χ1) is 12.3. The van der Waals surface area contributed by atoms with Crippen LogP contribution in [0.4, 0.5) is 4.39 Å². The average molecular weight is 387 g/mol. The van der Waals surface area contributed by atoms with Crippen LogP contribution in [0.15, 0.2) is 29.2 Å². The first-order valence-corrected chi connectivity index (χ1v) is 10.2. The zero-order chi connectivity index (χ0) is 19.2. The summed E-state index contributed by atoms with van der Waals surface area (Å²) in [4.78, 5) is 13.6. The number of rotatable bonds is 8. The molecule has 1 heterocycles. The SMILES string of the molecule is CC(NS(=O)(=O)c1ccccc1F)C(=O)N1CCC(OCCCN)CC1. The van der Waals surface area contributed by atoms with Gasteiger partial charge in [0.25, 0.3) is 0 Å². The first-order valence-electron chi connectivity index (χ1n) is 8.72. The highest BCUT2D eigenvalue weighted by Crippen LogP contribution is 2.17. The van der Waals surface area contributed by atoms with Crippen molar-refractivity contribution >= 4 is 15.9 Å². The Hall–Kier alpha value is -1.55. The van der Waals surface area contributed by atoms with Crippen molar-refractivity contribution in [2.75, 3.05) is 26.2 Å². The molecule has 0 aromatic heterocycles. The summed E-state index contributed by atoms with van der Waals surface area (Å²) in [5.41, 5.74) is 5.43. The van der Waals surface area contributed by atoms with Gasteiger partial charge in [-0.3, -0.25) is 4.79 Å². The van der Waals surface area contributed by atoms with Gasteiger partial charge in [-0.05, 0) is 44.9 Å². The number of benzene rings is 1. The van der Waals surface area contributed by atoms with Crippen LogP contribution in [0.1, 0.15) is 26.2 Å². The number of ether oxygens (including phenoxy) is 1. The number of hydrogen-bond donors (Lipinski definition) is 2. The summed E-state index contributed by atoms with van der Waals surface area (Å²) in [6, 6.07) is 4.09. The minimum absolute atomic E-state index is 0.0935. The van der Waals surface area contributed by atoms with Crippen molar-refractivity contribution in [1.82, 2.24) is 9.62 Å². The highest BCUT2D eigenvalue weighted by Gasteiger charge is 2.30. The van der Waals surface area contributed by atoms with Crippen LogP contribution in [0.2, 0.25) is 0 Å². The lowest BCUT2D eigenvalue weighted by molar-refractivity contribution is -0.135. The van der Waals surface area contributed by atoms with Crippen LogP contribution in [0.25, 0.3) is 0 Å². The zero-order valence-electron chi connectivity index (χ0n) is 14.9. The number of amides is 1. The van der Waals surface area contributed by atoms with Gasteiger partial charge >= 0.3 is 0 Å². The molecule has 1 amide bonds. The molecule has 146 valence electrons. The molecule has 0 saturated carbocycles. The Morgan fingerprint density at radius 2 is 2.04 bits per heavy atom. The molecule has 0 aliphatic carbocycles. The van der Waals surface area contributed by atoms with Gasteiger partial charge in [-0.2, -0.15) is 4.72 Å². The lowest BCUT2D eigenvalue weighted by atomic mass is 10.1. The maximum absolute atomic E-state index is 13.7. The van der Waals surface area contributed by atoms with E-state index in [-0.39, 0.29) is 12.0 Å². The van der Waals surface area contributed by atoms with E-state index in [2.05, 4.69) is 4.72 Å². The summed E-state index contributed by atoms with van der Waals surface area (Å²) < 4.78 is 46.3. The molecule has 1 atom stereocenters. The van der Waals surface area contributed by atoms with E-state index in [1.807, 2.05) is 0 Å². The number of sulfonamides is 1. The van der Waals surface area contributed by atoms with Crippen LogP contribution < -0.4 is 10.5 Å². The molecule has 1 aromatic carbocycles. The number of carbonyl (C=O) groups excluding carboxylic acids is 1. The number of carbonyl (C=O) groups is 1. The van der Waals surface area contributed by atoms with Gasteiger partial charge in [-0.25, -0.2) is 12.8 Å². The minimum atomic E-state index is -4.11. The molecule has 0 spiro atoms. The fraction of sp³-hybridized carbons (Fsp3) is 0.588. The summed E-state index contributed by atoms with van der Waals surface area (Å²) in [5.74, 6) is -1.18. The van der Waals surface area contributed by atoms with Gasteiger partial charge in [0.1, 0.15) is 10.7 Å². The minimum Gasteiger partial charge on any atom is -0.378 e. The van der Waals surface area contributed by atoms with Crippen molar-refractivity contribution in [3.63, 3.8) is 0 Å². The van der Waals surface area contributed by atoms with E-state index < -0.39 is 26.8 Å². The molecule has 9 heteroatoms. The first kappa shape index (κ1) is 20.8. The van der Waals surface area contributed by atoms with E-state index in [4.69, 9.17) is 10.5 Å². The molecule has 0 bridgehead atoms. The topological polar surface area (TPSA) is 102 Å². The summed E-state index contributed by atoms with van der Waals surface area (Å²) in [6.07, 6.45) is 2.29. The third kappa shape index (κ3) is 5.47. The maximum Gasteiger partial charge on any atom is 0.244 e. The van der Waals surface area contributed by atoms with Crippen LogP contribution in [0.3, 0.4) is 0 Å². The molecule has 1 aliphatic heterocycles. The Kier molecular flexibility index (Phi) is 7.51. The molecule has 2 rings (SSSR count). The molecule has 1 aliphatic rings. The van der Waals surface area contributed by atoms with E-state index in [9.17, 15) is 17.6 Å². The summed E-state index contributed by atoms with van der Waals surface area (Å²) in [7, 11) is -4.11. The van der Waals surface area contributed by atoms with Crippen LogP contribution in [0, 0.1) is 5.82 Å². The lowest BCUT2D eigenvalue weighted by Crippen LogP contribution is -2.50. The number of piperidine rings is 1. The van der Waals surface area contributed by atoms with E-state index in [0.29, 0.717) is 39.1 Å². The van der Waals surface area contributed by atoms with Gasteiger partial charge in [0.2, 0.25) is 15.9 Å². The monoisotopic (exact) mass is 387 g/mol. The van der Waals surface area contributed by atoms with Crippen molar-refractivity contribution in [3.05, 3.63) is 30.1 Å². The summed E-state index contributed by atoms with van der Waals surface area (Å²) in [5, 5.41) is 0. The number of nitrogens with one attached hydrogen (secondary N) is 1. The average Bonchev–Trinajstić information content (AvgIpc) is 2.61. The quantitative estimate of drug-likeness (QED) is 0.644. The molecular formula is C17H26FN3O4S. The largest absolute Gasteiger partial charge is 0.378 e. The Labute approximate surface area is 153 Å². The molecule has 3 N–H and O–H groups in total. The maximum atomic E-state index is 13.7. The van der Waals surface area contributed by atoms with E-state index in [1.54, 1.807) is 4.90 Å². The van der Waals surface area contributed by atoms with E-state index in [1.165, 1.54) is 25.1 Å². The molecule has 1 unspecified atom stereocenters. The Balaban J connectivity index is 1.89. The molecule has 26 heavy (non-hydrogen) atoms. The molecule has 1 fully saturated rings. The fourth-order valence-electron chi connectivity index (χ4n) is 2.86. The van der Waals surface area contributed by atoms with Gasteiger partial charge in [-0.1, -0.05) is 12.1 Å². The van der Waals surface area contributed by atoms with Gasteiger partial charge in [-0.15, -0.1) is 0 Å². The fourth-order valence-corrected chi connectivity index (χ4v) is 4.14. The third-order valence-corrected chi connectivity index (χ3v) is 5.86. The van der Waals surface area contributed by atoms with Crippen LogP contribution >= 0.6 is 0 Å². The molecule has 1 aromatic rings. The number of nitrogens with zero attached hydrogens (tertiary/aromatic N) is 1. The summed E-state index contributed by atoms with van der Waals surface area (Å²) in [6.45, 7) is 3.64. The van der Waals surface area contributed by atoms with Crippen LogP contribution in [-0.4, -0.2) is 57.6 Å². The third-order valence-electron chi connectivity index (χ3n) is 4.28. The number of nitrogens with two attached hydrogens (primary N) is 1. The van der Waals surface area contributed by atoms with Gasteiger partial charge < -0.3 is 15.4 Å². The standard InChI is InChI=1S/C17H26FN3O4S/c1-13(20-26(23,24)16-6-3-2-5-15(16)18)17(22)21-10-7-14(8-11-21)25-12-4-9-19/h2-3,5-6,13-14,20H,4,7-12,19H2,1H3. The Morgan fingerprint density at radius 3 is 2.65 bits per heavy atom. The zero-order valence-corrected chi connectivity index (χ0v) is 15.7. The Morgan fingerprint density at radius 1 is 1.38 bits per heavy atom. The Bertz CT molecular complexity index is 706. The van der Waals surface area contributed by atoms with Gasteiger partial charge in [0.15, 0.2) is 0 Å². The van der Waals surface area contributed by atoms with Crippen molar-refractivity contribution in [1.29, 1.82) is 0 Å². The van der Waals surface area contributed by atoms with Gasteiger partial charge in [0, 0.05) is 19.7 Å². The van der Waals surface area contributed by atoms with E-state index >= 15 is 0 Å². The molecular weight excluding hydrogens is 361 g/mol. The second-order valence-corrected chi connectivity index (χ2v) is 7.99. The van der Waals surface area contributed by atoms with Gasteiger partial charge in [0.05, 0.1) is 12.1 Å². The smallest absolute Gasteiger partial charge is 0.244 e. The van der Waals surface area contributed by atoms with Crippen molar-refractivity contribution in [2.24, 2.45) is 5.73 Å². The normalized spacial score (nSPS) is 17.3. The molecule has 0 radical (unpaired) electrons. The van der Waals surface area contributed by atoms with Crippen molar-refractivity contribution < 1.29 is 22.3 Å².